The second kappa shape index (κ2) is 6.02. The molecule has 1 saturated carbocycles. The largest absolute Gasteiger partial charge is 0.478 e. The second-order valence-corrected chi connectivity index (χ2v) is 6.89. The van der Waals surface area contributed by atoms with Crippen LogP contribution in [-0.4, -0.2) is 54.5 Å². The molecule has 4 rings (SSSR count). The number of nitrogens with zero attached hydrogens (tertiary/aromatic N) is 5. The Labute approximate surface area is 145 Å². The molecule has 1 amide bonds. The summed E-state index contributed by atoms with van der Waals surface area (Å²) in [6, 6.07) is 2.06. The third-order valence-electron chi connectivity index (χ3n) is 5.11. The van der Waals surface area contributed by atoms with Gasteiger partial charge in [-0.15, -0.1) is 0 Å². The Morgan fingerprint density at radius 2 is 1.92 bits per heavy atom. The highest BCUT2D eigenvalue weighted by Crippen LogP contribution is 2.40. The highest BCUT2D eigenvalue weighted by molar-refractivity contribution is 5.92. The fraction of sp³-hybridized carbons (Fsp3) is 0.529. The van der Waals surface area contributed by atoms with Crippen molar-refractivity contribution >= 4 is 11.9 Å². The molecular formula is C17H21N5O3. The third-order valence-corrected chi connectivity index (χ3v) is 5.11. The molecule has 8 heteroatoms. The first-order valence-corrected chi connectivity index (χ1v) is 8.63. The van der Waals surface area contributed by atoms with Crippen molar-refractivity contribution < 1.29 is 14.7 Å². The van der Waals surface area contributed by atoms with E-state index in [1.807, 2.05) is 22.7 Å². The molecule has 1 aliphatic carbocycles. The Balaban J connectivity index is 1.40. The predicted molar refractivity (Wildman–Crippen MR) is 88.5 cm³/mol. The van der Waals surface area contributed by atoms with Gasteiger partial charge in [0.15, 0.2) is 5.69 Å². The van der Waals surface area contributed by atoms with Crippen molar-refractivity contribution in [2.75, 3.05) is 13.1 Å². The first kappa shape index (κ1) is 15.9. The van der Waals surface area contributed by atoms with Gasteiger partial charge < -0.3 is 10.0 Å². The number of aromatic carboxylic acids is 1. The summed E-state index contributed by atoms with van der Waals surface area (Å²) in [6.45, 7) is 1.25. The maximum absolute atomic E-state index is 12.7. The van der Waals surface area contributed by atoms with Crippen molar-refractivity contribution in [1.29, 1.82) is 0 Å². The summed E-state index contributed by atoms with van der Waals surface area (Å²) in [5, 5.41) is 17.5. The highest BCUT2D eigenvalue weighted by Gasteiger charge is 2.31. The number of carbonyl (C=O) groups is 2. The molecule has 1 saturated heterocycles. The molecule has 8 nitrogen and oxygen atoms in total. The molecule has 0 radical (unpaired) electrons. The Hall–Kier alpha value is -2.64. The summed E-state index contributed by atoms with van der Waals surface area (Å²) >= 11 is 0. The molecule has 132 valence electrons. The monoisotopic (exact) mass is 343 g/mol. The van der Waals surface area contributed by atoms with Gasteiger partial charge in [0.1, 0.15) is 0 Å². The number of aromatic nitrogens is 4. The first-order valence-electron chi connectivity index (χ1n) is 8.63. The molecule has 25 heavy (non-hydrogen) atoms. The normalized spacial score (nSPS) is 18.5. The van der Waals surface area contributed by atoms with Crippen molar-refractivity contribution in [3.8, 4) is 0 Å². The highest BCUT2D eigenvalue weighted by atomic mass is 16.4. The van der Waals surface area contributed by atoms with E-state index >= 15 is 0 Å². The lowest BCUT2D eigenvalue weighted by Gasteiger charge is -2.31. The average molecular weight is 343 g/mol. The van der Waals surface area contributed by atoms with E-state index in [2.05, 4.69) is 10.2 Å². The maximum atomic E-state index is 12.7. The van der Waals surface area contributed by atoms with Crippen LogP contribution in [0.15, 0.2) is 18.5 Å². The maximum Gasteiger partial charge on any atom is 0.338 e. The molecule has 0 bridgehead atoms. The average Bonchev–Trinajstić information content (AvgIpc) is 3.18. The predicted octanol–water partition coefficient (Wildman–Crippen LogP) is 1.67. The van der Waals surface area contributed by atoms with Crippen LogP contribution < -0.4 is 0 Å². The number of amides is 1. The van der Waals surface area contributed by atoms with Crippen LogP contribution in [0.3, 0.4) is 0 Å². The molecule has 0 spiro atoms. The van der Waals surface area contributed by atoms with Gasteiger partial charge in [-0.25, -0.2) is 4.79 Å². The van der Waals surface area contributed by atoms with E-state index in [4.69, 9.17) is 5.11 Å². The van der Waals surface area contributed by atoms with Crippen LogP contribution >= 0.6 is 0 Å². The van der Waals surface area contributed by atoms with Gasteiger partial charge in [-0.1, -0.05) is 0 Å². The molecule has 1 N–H and O–H groups in total. The van der Waals surface area contributed by atoms with Crippen molar-refractivity contribution in [3.05, 3.63) is 35.4 Å². The third kappa shape index (κ3) is 3.04. The second-order valence-electron chi connectivity index (χ2n) is 6.89. The molecule has 0 atom stereocenters. The van der Waals surface area contributed by atoms with E-state index in [1.165, 1.54) is 19.0 Å². The summed E-state index contributed by atoms with van der Waals surface area (Å²) in [4.78, 5) is 25.5. The van der Waals surface area contributed by atoms with Gasteiger partial charge in [0.25, 0.3) is 5.91 Å². The molecule has 0 unspecified atom stereocenters. The van der Waals surface area contributed by atoms with E-state index in [-0.39, 0.29) is 17.5 Å². The number of hydrogen-bond donors (Lipinski definition) is 1. The zero-order valence-corrected chi connectivity index (χ0v) is 14.1. The summed E-state index contributed by atoms with van der Waals surface area (Å²) in [5.41, 5.74) is 1.87. The smallest absolute Gasteiger partial charge is 0.338 e. The lowest BCUT2D eigenvalue weighted by molar-refractivity contribution is 0.0682. The van der Waals surface area contributed by atoms with Gasteiger partial charge in [0, 0.05) is 37.9 Å². The van der Waals surface area contributed by atoms with E-state index in [0.717, 1.165) is 18.5 Å². The standard InChI is InChI=1S/C17H21N5O3/c1-20-15(11-2-3-11)8-14(19-20)16(23)21-6-4-13(5-7-21)22-10-12(9-18-22)17(24)25/h8-11,13H,2-7H2,1H3,(H,24,25). The van der Waals surface area contributed by atoms with Crippen LogP contribution in [0, 0.1) is 0 Å². The lowest BCUT2D eigenvalue weighted by Crippen LogP contribution is -2.39. The minimum Gasteiger partial charge on any atom is -0.478 e. The number of hydrogen-bond acceptors (Lipinski definition) is 4. The number of piperidine rings is 1. The van der Waals surface area contributed by atoms with E-state index < -0.39 is 5.97 Å². The van der Waals surface area contributed by atoms with Gasteiger partial charge in [-0.05, 0) is 31.7 Å². The van der Waals surface area contributed by atoms with Crippen molar-refractivity contribution in [2.24, 2.45) is 7.05 Å². The molecule has 2 aromatic rings. The van der Waals surface area contributed by atoms with Crippen molar-refractivity contribution in [3.63, 3.8) is 0 Å². The van der Waals surface area contributed by atoms with Gasteiger partial charge in [-0.3, -0.25) is 14.2 Å². The van der Waals surface area contributed by atoms with Gasteiger partial charge in [-0.2, -0.15) is 10.2 Å². The van der Waals surface area contributed by atoms with Crippen LogP contribution in [0.1, 0.15) is 64.2 Å². The SMILES string of the molecule is Cn1nc(C(=O)N2CCC(n3cc(C(=O)O)cn3)CC2)cc1C1CC1. The summed E-state index contributed by atoms with van der Waals surface area (Å²) in [7, 11) is 1.90. The number of carboxylic acids is 1. The number of aryl methyl sites for hydroxylation is 1. The van der Waals surface area contributed by atoms with Crippen LogP contribution in [0.5, 0.6) is 0 Å². The minimum absolute atomic E-state index is 0.0207. The molecule has 2 aliphatic rings. The summed E-state index contributed by atoms with van der Waals surface area (Å²) in [6.07, 6.45) is 6.81. The molecule has 0 aromatic carbocycles. The number of carbonyl (C=O) groups excluding carboxylic acids is 1. The molecule has 2 aromatic heterocycles. The number of rotatable bonds is 4. The number of carboxylic acid groups (broad SMARTS) is 1. The topological polar surface area (TPSA) is 93.2 Å². The van der Waals surface area contributed by atoms with E-state index in [1.54, 1.807) is 10.9 Å². The zero-order chi connectivity index (χ0) is 17.6. The Kier molecular flexibility index (Phi) is 3.82. The van der Waals surface area contributed by atoms with Crippen LogP contribution in [-0.2, 0) is 7.05 Å². The van der Waals surface area contributed by atoms with E-state index in [9.17, 15) is 9.59 Å². The fourth-order valence-electron chi connectivity index (χ4n) is 3.49. The van der Waals surface area contributed by atoms with Crippen LogP contribution in [0.2, 0.25) is 0 Å². The number of likely N-dealkylation sites (tertiary alicyclic amines) is 1. The lowest BCUT2D eigenvalue weighted by atomic mass is 10.0. The van der Waals surface area contributed by atoms with E-state index in [0.29, 0.717) is 24.7 Å². The van der Waals surface area contributed by atoms with Crippen LogP contribution in [0.4, 0.5) is 0 Å². The van der Waals surface area contributed by atoms with Gasteiger partial charge in [0.2, 0.25) is 0 Å². The van der Waals surface area contributed by atoms with Crippen molar-refractivity contribution in [1.82, 2.24) is 24.5 Å². The summed E-state index contributed by atoms with van der Waals surface area (Å²) < 4.78 is 3.53. The molecular weight excluding hydrogens is 322 g/mol. The fourth-order valence-corrected chi connectivity index (χ4v) is 3.49. The Morgan fingerprint density at radius 1 is 1.20 bits per heavy atom. The zero-order valence-electron chi connectivity index (χ0n) is 14.1. The Morgan fingerprint density at radius 3 is 2.52 bits per heavy atom. The first-order chi connectivity index (χ1) is 12.0. The Bertz CT molecular complexity index is 812. The quantitative estimate of drug-likeness (QED) is 0.911. The van der Waals surface area contributed by atoms with Crippen molar-refractivity contribution in [2.45, 2.75) is 37.6 Å². The van der Waals surface area contributed by atoms with Gasteiger partial charge >= 0.3 is 5.97 Å². The molecule has 3 heterocycles. The minimum atomic E-state index is -0.972. The molecule has 2 fully saturated rings. The van der Waals surface area contributed by atoms with Gasteiger partial charge in [0.05, 0.1) is 17.8 Å². The summed E-state index contributed by atoms with van der Waals surface area (Å²) in [5.74, 6) is -0.429. The van der Waals surface area contributed by atoms with Crippen LogP contribution in [0.25, 0.3) is 0 Å². The molecule has 1 aliphatic heterocycles.